The van der Waals surface area contributed by atoms with E-state index in [4.69, 9.17) is 9.47 Å². The van der Waals surface area contributed by atoms with Crippen LogP contribution in [0.5, 0.6) is 11.6 Å². The number of hydrogen-bond acceptors (Lipinski definition) is 4. The molecule has 0 spiro atoms. The molecule has 14 heavy (non-hydrogen) atoms. The summed E-state index contributed by atoms with van der Waals surface area (Å²) in [7, 11) is 1.55. The lowest BCUT2D eigenvalue weighted by atomic mass is 10.2. The first kappa shape index (κ1) is 8.80. The van der Waals surface area contributed by atoms with Gasteiger partial charge in [0.15, 0.2) is 12.4 Å². The van der Waals surface area contributed by atoms with Crippen LogP contribution < -0.4 is 14.8 Å². The largest absolute Gasteiger partial charge is 0.494 e. The summed E-state index contributed by atoms with van der Waals surface area (Å²) >= 11 is 0. The van der Waals surface area contributed by atoms with Crippen LogP contribution in [0, 0.1) is 6.92 Å². The number of hydrogen-bond donors (Lipinski definition) is 1. The Kier molecular flexibility index (Phi) is 1.99. The second kappa shape index (κ2) is 3.17. The molecule has 0 fully saturated rings. The van der Waals surface area contributed by atoms with E-state index < -0.39 is 0 Å². The fourth-order valence-corrected chi connectivity index (χ4v) is 1.37. The molecular weight excluding hydrogens is 184 g/mol. The van der Waals surface area contributed by atoms with Gasteiger partial charge in [0.05, 0.1) is 7.11 Å². The molecule has 0 atom stereocenters. The van der Waals surface area contributed by atoms with Crippen LogP contribution in [0.4, 0.5) is 5.69 Å². The monoisotopic (exact) mass is 194 g/mol. The number of nitrogens with one attached hydrogen (secondary N) is 1. The number of nitrogens with zero attached hydrogens (tertiary/aromatic N) is 1. The molecule has 0 bridgehead atoms. The minimum absolute atomic E-state index is 0.00617. The summed E-state index contributed by atoms with van der Waals surface area (Å²) in [5.74, 6) is 0.818. The van der Waals surface area contributed by atoms with Crippen LogP contribution in [-0.2, 0) is 4.79 Å². The Morgan fingerprint density at radius 3 is 3.14 bits per heavy atom. The molecule has 2 rings (SSSR count). The fraction of sp³-hybridized carbons (Fsp3) is 0.333. The number of ether oxygens (including phenoxy) is 2. The predicted molar refractivity (Wildman–Crippen MR) is 49.7 cm³/mol. The smallest absolute Gasteiger partial charge is 0.262 e. The zero-order valence-electron chi connectivity index (χ0n) is 7.96. The molecule has 1 aromatic rings. The Labute approximate surface area is 81.0 Å². The Morgan fingerprint density at radius 1 is 1.64 bits per heavy atom. The highest BCUT2D eigenvalue weighted by Crippen LogP contribution is 2.36. The van der Waals surface area contributed by atoms with Crippen molar-refractivity contribution in [2.75, 3.05) is 19.0 Å². The van der Waals surface area contributed by atoms with Crippen LogP contribution in [0.1, 0.15) is 5.56 Å². The third-order valence-electron chi connectivity index (χ3n) is 1.98. The molecule has 1 aromatic heterocycles. The number of aromatic nitrogens is 1. The topological polar surface area (TPSA) is 60.5 Å². The second-order valence-corrected chi connectivity index (χ2v) is 2.99. The average Bonchev–Trinajstić information content (AvgIpc) is 2.17. The quantitative estimate of drug-likeness (QED) is 0.715. The summed E-state index contributed by atoms with van der Waals surface area (Å²) in [4.78, 5) is 15.1. The van der Waals surface area contributed by atoms with Crippen molar-refractivity contribution >= 4 is 11.6 Å². The van der Waals surface area contributed by atoms with Crippen LogP contribution in [0.15, 0.2) is 6.20 Å². The van der Waals surface area contributed by atoms with E-state index in [9.17, 15) is 4.79 Å². The SMILES string of the molecule is COc1c(C)cnc2c1NC(=O)CO2. The summed E-state index contributed by atoms with van der Waals surface area (Å²) in [6.45, 7) is 1.86. The standard InChI is InChI=1S/C9H10N2O3/c1-5-3-10-9-7(8(5)13-2)11-6(12)4-14-9/h3H,4H2,1-2H3,(H,11,12). The van der Waals surface area contributed by atoms with Gasteiger partial charge in [0.2, 0.25) is 5.88 Å². The van der Waals surface area contributed by atoms with Crippen LogP contribution in [0.3, 0.4) is 0 Å². The highest BCUT2D eigenvalue weighted by atomic mass is 16.5. The number of fused-ring (bicyclic) bond motifs is 1. The van der Waals surface area contributed by atoms with Gasteiger partial charge in [-0.3, -0.25) is 4.79 Å². The van der Waals surface area contributed by atoms with Crippen molar-refractivity contribution in [2.24, 2.45) is 0 Å². The Hall–Kier alpha value is -1.78. The summed E-state index contributed by atoms with van der Waals surface area (Å²) < 4.78 is 10.3. The first-order valence-corrected chi connectivity index (χ1v) is 4.18. The minimum Gasteiger partial charge on any atom is -0.494 e. The lowest BCUT2D eigenvalue weighted by Crippen LogP contribution is -2.26. The van der Waals surface area contributed by atoms with Crippen molar-refractivity contribution in [1.82, 2.24) is 4.98 Å². The van der Waals surface area contributed by atoms with Gasteiger partial charge in [-0.15, -0.1) is 0 Å². The molecule has 0 aromatic carbocycles. The lowest BCUT2D eigenvalue weighted by Gasteiger charge is -2.19. The van der Waals surface area contributed by atoms with E-state index in [0.717, 1.165) is 5.56 Å². The van der Waals surface area contributed by atoms with Gasteiger partial charge in [-0.2, -0.15) is 0 Å². The zero-order chi connectivity index (χ0) is 10.1. The fourth-order valence-electron chi connectivity index (χ4n) is 1.37. The number of aryl methyl sites for hydroxylation is 1. The maximum Gasteiger partial charge on any atom is 0.262 e. The Balaban J connectivity index is 2.54. The van der Waals surface area contributed by atoms with Crippen molar-refractivity contribution in [3.8, 4) is 11.6 Å². The minimum atomic E-state index is -0.191. The van der Waals surface area contributed by atoms with Crippen LogP contribution in [0.25, 0.3) is 0 Å². The van der Waals surface area contributed by atoms with Gasteiger partial charge >= 0.3 is 0 Å². The third kappa shape index (κ3) is 1.26. The van der Waals surface area contributed by atoms with E-state index in [0.29, 0.717) is 17.3 Å². The van der Waals surface area contributed by atoms with Crippen LogP contribution >= 0.6 is 0 Å². The van der Waals surface area contributed by atoms with Crippen molar-refractivity contribution in [2.45, 2.75) is 6.92 Å². The lowest BCUT2D eigenvalue weighted by molar-refractivity contribution is -0.118. The van der Waals surface area contributed by atoms with Crippen molar-refractivity contribution in [1.29, 1.82) is 0 Å². The Morgan fingerprint density at radius 2 is 2.43 bits per heavy atom. The molecule has 5 heteroatoms. The molecule has 1 aliphatic rings. The first-order valence-electron chi connectivity index (χ1n) is 4.18. The molecule has 1 aliphatic heterocycles. The summed E-state index contributed by atoms with van der Waals surface area (Å²) in [6.07, 6.45) is 1.65. The van der Waals surface area contributed by atoms with Crippen molar-refractivity contribution in [3.63, 3.8) is 0 Å². The van der Waals surface area contributed by atoms with Gasteiger partial charge in [-0.1, -0.05) is 0 Å². The van der Waals surface area contributed by atoms with Crippen LogP contribution in [-0.4, -0.2) is 24.6 Å². The van der Waals surface area contributed by atoms with E-state index in [-0.39, 0.29) is 12.5 Å². The third-order valence-corrected chi connectivity index (χ3v) is 1.98. The zero-order valence-corrected chi connectivity index (χ0v) is 7.96. The predicted octanol–water partition coefficient (Wildman–Crippen LogP) is 0.730. The molecule has 0 aliphatic carbocycles. The van der Waals surface area contributed by atoms with Gasteiger partial charge in [-0.25, -0.2) is 4.98 Å². The van der Waals surface area contributed by atoms with Crippen LogP contribution in [0.2, 0.25) is 0 Å². The van der Waals surface area contributed by atoms with E-state index >= 15 is 0 Å². The normalized spacial score (nSPS) is 14.0. The number of pyridine rings is 1. The number of anilines is 1. The van der Waals surface area contributed by atoms with Gasteiger partial charge in [-0.05, 0) is 6.92 Å². The number of amides is 1. The number of carbonyl (C=O) groups is 1. The molecule has 74 valence electrons. The van der Waals surface area contributed by atoms with E-state index in [1.807, 2.05) is 6.92 Å². The molecule has 1 amide bonds. The number of rotatable bonds is 1. The Bertz CT molecular complexity index is 390. The molecule has 0 saturated heterocycles. The molecule has 0 radical (unpaired) electrons. The highest BCUT2D eigenvalue weighted by Gasteiger charge is 2.22. The van der Waals surface area contributed by atoms with E-state index in [1.54, 1.807) is 13.3 Å². The number of methoxy groups -OCH3 is 1. The summed E-state index contributed by atoms with van der Waals surface area (Å²) in [5.41, 5.74) is 1.38. The average molecular weight is 194 g/mol. The van der Waals surface area contributed by atoms with Gasteiger partial charge in [0.1, 0.15) is 5.69 Å². The molecule has 0 saturated carbocycles. The van der Waals surface area contributed by atoms with Crippen molar-refractivity contribution < 1.29 is 14.3 Å². The van der Waals surface area contributed by atoms with E-state index in [1.165, 1.54) is 0 Å². The molecule has 5 nitrogen and oxygen atoms in total. The molecule has 1 N–H and O–H groups in total. The first-order chi connectivity index (χ1) is 6.72. The highest BCUT2D eigenvalue weighted by molar-refractivity contribution is 5.96. The molecular formula is C9H10N2O3. The molecule has 2 heterocycles. The maximum absolute atomic E-state index is 11.1. The van der Waals surface area contributed by atoms with Gasteiger partial charge in [0.25, 0.3) is 5.91 Å². The maximum atomic E-state index is 11.1. The summed E-state index contributed by atoms with van der Waals surface area (Å²) in [6, 6.07) is 0. The van der Waals surface area contributed by atoms with Gasteiger partial charge in [0, 0.05) is 11.8 Å². The molecule has 0 unspecified atom stereocenters. The summed E-state index contributed by atoms with van der Waals surface area (Å²) in [5, 5.41) is 2.67. The van der Waals surface area contributed by atoms with E-state index in [2.05, 4.69) is 10.3 Å². The second-order valence-electron chi connectivity index (χ2n) is 2.99. The van der Waals surface area contributed by atoms with Crippen molar-refractivity contribution in [3.05, 3.63) is 11.8 Å². The number of carbonyl (C=O) groups excluding carboxylic acids is 1. The van der Waals surface area contributed by atoms with Gasteiger partial charge < -0.3 is 14.8 Å².